The van der Waals surface area contributed by atoms with E-state index < -0.39 is 0 Å². The summed E-state index contributed by atoms with van der Waals surface area (Å²) in [6.45, 7) is 8.80. The maximum Gasteiger partial charge on any atom is 0.339 e. The minimum atomic E-state index is -0.244. The highest BCUT2D eigenvalue weighted by atomic mass is 16.5. The number of hydrogen-bond acceptors (Lipinski definition) is 4. The van der Waals surface area contributed by atoms with Crippen molar-refractivity contribution in [3.63, 3.8) is 0 Å². The Hall–Kier alpha value is -2.34. The molecule has 4 rings (SSSR count). The van der Waals surface area contributed by atoms with E-state index in [1.807, 2.05) is 12.1 Å². The summed E-state index contributed by atoms with van der Waals surface area (Å²) in [7, 11) is 0. The lowest BCUT2D eigenvalue weighted by Gasteiger charge is -2.43. The second kappa shape index (κ2) is 7.73. The standard InChI is InChI=1S/C24H32N2O4/c1-23(2)12-15(13-24(3,4)26-23)25-21(27)14-29-16-9-10-18-17-7-5-6-8-19(17)22(28)30-20(18)11-16/h9-11,15,26H,5-8,12-14H2,1-4H3,(H,25,27)/p+1. The molecule has 6 heteroatoms. The van der Waals surface area contributed by atoms with Gasteiger partial charge in [-0.2, -0.15) is 0 Å². The Morgan fingerprint density at radius 2 is 1.80 bits per heavy atom. The molecule has 0 atom stereocenters. The molecule has 30 heavy (non-hydrogen) atoms. The first kappa shape index (κ1) is 20.9. The lowest BCUT2D eigenvalue weighted by atomic mass is 9.79. The zero-order valence-corrected chi connectivity index (χ0v) is 18.5. The molecule has 1 aliphatic carbocycles. The lowest BCUT2D eigenvalue weighted by Crippen LogP contribution is -3.06. The summed E-state index contributed by atoms with van der Waals surface area (Å²) in [5.74, 6) is 0.412. The molecule has 0 spiro atoms. The predicted octanol–water partition coefficient (Wildman–Crippen LogP) is 2.45. The van der Waals surface area contributed by atoms with Crippen LogP contribution >= 0.6 is 0 Å². The fourth-order valence-electron chi connectivity index (χ4n) is 5.55. The Morgan fingerprint density at radius 1 is 1.13 bits per heavy atom. The Bertz CT molecular complexity index is 1010. The fraction of sp³-hybridized carbons (Fsp3) is 0.583. The van der Waals surface area contributed by atoms with Gasteiger partial charge in [-0.05, 0) is 71.1 Å². The van der Waals surface area contributed by atoms with Crippen molar-refractivity contribution in [3.8, 4) is 5.75 Å². The van der Waals surface area contributed by atoms with E-state index in [-0.39, 0.29) is 35.3 Å². The zero-order valence-electron chi connectivity index (χ0n) is 18.5. The van der Waals surface area contributed by atoms with E-state index in [4.69, 9.17) is 9.15 Å². The van der Waals surface area contributed by atoms with Crippen LogP contribution in [0.25, 0.3) is 11.0 Å². The number of quaternary nitrogens is 1. The molecule has 1 saturated heterocycles. The van der Waals surface area contributed by atoms with Crippen LogP contribution in [0, 0.1) is 0 Å². The second-order valence-corrected chi connectivity index (χ2v) is 10.3. The van der Waals surface area contributed by atoms with Crippen LogP contribution in [0.1, 0.15) is 64.5 Å². The molecule has 1 amide bonds. The van der Waals surface area contributed by atoms with Crippen LogP contribution in [0.2, 0.25) is 0 Å². The summed E-state index contributed by atoms with van der Waals surface area (Å²) in [5.41, 5.74) is 2.40. The topological polar surface area (TPSA) is 85.1 Å². The first-order valence-electron chi connectivity index (χ1n) is 11.0. The molecule has 6 nitrogen and oxygen atoms in total. The number of carbonyl (C=O) groups excluding carboxylic acids is 1. The van der Waals surface area contributed by atoms with E-state index in [1.54, 1.807) is 6.07 Å². The van der Waals surface area contributed by atoms with Gasteiger partial charge in [0.2, 0.25) is 0 Å². The number of hydrogen-bond donors (Lipinski definition) is 2. The first-order valence-corrected chi connectivity index (χ1v) is 11.0. The molecule has 0 bridgehead atoms. The van der Waals surface area contributed by atoms with E-state index in [0.29, 0.717) is 11.3 Å². The van der Waals surface area contributed by atoms with Gasteiger partial charge in [-0.25, -0.2) is 4.79 Å². The van der Waals surface area contributed by atoms with Gasteiger partial charge in [0.15, 0.2) is 6.61 Å². The van der Waals surface area contributed by atoms with Gasteiger partial charge in [-0.3, -0.25) is 4.79 Å². The van der Waals surface area contributed by atoms with E-state index in [1.165, 1.54) is 0 Å². The van der Waals surface area contributed by atoms with Crippen LogP contribution in [0.5, 0.6) is 5.75 Å². The summed E-state index contributed by atoms with van der Waals surface area (Å²) in [5, 5.41) is 6.50. The molecule has 0 saturated carbocycles. The third-order valence-corrected chi connectivity index (χ3v) is 6.26. The van der Waals surface area contributed by atoms with Crippen molar-refractivity contribution in [1.29, 1.82) is 0 Å². The molecular weight excluding hydrogens is 380 g/mol. The van der Waals surface area contributed by atoms with Crippen LogP contribution in [0.3, 0.4) is 0 Å². The summed E-state index contributed by atoms with van der Waals surface area (Å²) in [6, 6.07) is 5.65. The van der Waals surface area contributed by atoms with Crippen molar-refractivity contribution in [1.82, 2.24) is 5.32 Å². The summed E-state index contributed by atoms with van der Waals surface area (Å²) >= 11 is 0. The maximum atomic E-state index is 12.5. The van der Waals surface area contributed by atoms with E-state index in [2.05, 4.69) is 38.3 Å². The zero-order chi connectivity index (χ0) is 21.5. The number of nitrogens with two attached hydrogens (primary N) is 1. The number of ether oxygens (including phenoxy) is 1. The molecule has 1 aliphatic heterocycles. The van der Waals surface area contributed by atoms with Gasteiger partial charge in [0.05, 0.1) is 11.1 Å². The van der Waals surface area contributed by atoms with Gasteiger partial charge in [0, 0.05) is 35.9 Å². The minimum absolute atomic E-state index is 0.0538. The van der Waals surface area contributed by atoms with Crippen molar-refractivity contribution in [2.45, 2.75) is 83.3 Å². The van der Waals surface area contributed by atoms with E-state index >= 15 is 0 Å². The SMILES string of the molecule is CC1(C)CC(NC(=O)COc2ccc3c4c(c(=O)oc3c2)CCCC4)CC(C)(C)[NH2+]1. The van der Waals surface area contributed by atoms with E-state index in [0.717, 1.165) is 55.0 Å². The fourth-order valence-corrected chi connectivity index (χ4v) is 5.55. The van der Waals surface area contributed by atoms with Crippen molar-refractivity contribution < 1.29 is 19.3 Å². The summed E-state index contributed by atoms with van der Waals surface area (Å²) in [4.78, 5) is 24.8. The van der Waals surface area contributed by atoms with Crippen molar-refractivity contribution in [3.05, 3.63) is 39.7 Å². The molecule has 2 aliphatic rings. The molecule has 0 unspecified atom stereocenters. The maximum absolute atomic E-state index is 12.5. The number of benzene rings is 1. The van der Waals surface area contributed by atoms with Gasteiger partial charge in [0.25, 0.3) is 5.91 Å². The largest absolute Gasteiger partial charge is 0.484 e. The Labute approximate surface area is 177 Å². The molecular formula is C24H33N2O4+. The van der Waals surface area contributed by atoms with Crippen LogP contribution in [-0.2, 0) is 17.6 Å². The number of amides is 1. The van der Waals surface area contributed by atoms with Gasteiger partial charge in [0.1, 0.15) is 11.3 Å². The highest BCUT2D eigenvalue weighted by Gasteiger charge is 2.42. The summed E-state index contributed by atoms with van der Waals surface area (Å²) < 4.78 is 11.3. The predicted molar refractivity (Wildman–Crippen MR) is 116 cm³/mol. The highest BCUT2D eigenvalue weighted by molar-refractivity contribution is 5.83. The van der Waals surface area contributed by atoms with Crippen LogP contribution in [0.15, 0.2) is 27.4 Å². The Kier molecular flexibility index (Phi) is 5.39. The van der Waals surface area contributed by atoms with Gasteiger partial charge < -0.3 is 19.8 Å². The van der Waals surface area contributed by atoms with Crippen molar-refractivity contribution >= 4 is 16.9 Å². The van der Waals surface area contributed by atoms with E-state index in [9.17, 15) is 9.59 Å². The Morgan fingerprint density at radius 3 is 2.50 bits per heavy atom. The van der Waals surface area contributed by atoms with Crippen LogP contribution in [0.4, 0.5) is 0 Å². The lowest BCUT2D eigenvalue weighted by molar-refractivity contribution is -0.787. The number of fused-ring (bicyclic) bond motifs is 3. The number of nitrogens with one attached hydrogen (secondary N) is 1. The molecule has 0 radical (unpaired) electrons. The molecule has 2 heterocycles. The number of aryl methyl sites for hydroxylation is 1. The molecule has 3 N–H and O–H groups in total. The second-order valence-electron chi connectivity index (χ2n) is 10.3. The van der Waals surface area contributed by atoms with Gasteiger partial charge in [-0.15, -0.1) is 0 Å². The smallest absolute Gasteiger partial charge is 0.339 e. The quantitative estimate of drug-likeness (QED) is 0.754. The number of carbonyl (C=O) groups is 1. The van der Waals surface area contributed by atoms with Gasteiger partial charge >= 0.3 is 5.63 Å². The third-order valence-electron chi connectivity index (χ3n) is 6.26. The first-order chi connectivity index (χ1) is 14.1. The average Bonchev–Trinajstić information content (AvgIpc) is 2.64. The molecule has 162 valence electrons. The average molecular weight is 414 g/mol. The normalized spacial score (nSPS) is 20.5. The Balaban J connectivity index is 1.42. The number of rotatable bonds is 4. The monoisotopic (exact) mass is 413 g/mol. The molecule has 1 aromatic heterocycles. The summed E-state index contributed by atoms with van der Waals surface area (Å²) in [6.07, 6.45) is 5.68. The van der Waals surface area contributed by atoms with Crippen LogP contribution < -0.4 is 21.0 Å². The van der Waals surface area contributed by atoms with Crippen LogP contribution in [-0.4, -0.2) is 29.6 Å². The molecule has 2 aromatic rings. The number of piperidine rings is 1. The molecule has 1 fully saturated rings. The van der Waals surface area contributed by atoms with Crippen molar-refractivity contribution in [2.75, 3.05) is 6.61 Å². The highest BCUT2D eigenvalue weighted by Crippen LogP contribution is 2.29. The third kappa shape index (κ3) is 4.53. The molecule has 1 aromatic carbocycles. The minimum Gasteiger partial charge on any atom is -0.484 e. The van der Waals surface area contributed by atoms with Gasteiger partial charge in [-0.1, -0.05) is 0 Å². The van der Waals surface area contributed by atoms with Crippen molar-refractivity contribution in [2.24, 2.45) is 0 Å².